The van der Waals surface area contributed by atoms with Crippen molar-refractivity contribution in [2.45, 2.75) is 25.1 Å². The van der Waals surface area contributed by atoms with Gasteiger partial charge >= 0.3 is 0 Å². The van der Waals surface area contributed by atoms with Gasteiger partial charge in [0.15, 0.2) is 0 Å². The summed E-state index contributed by atoms with van der Waals surface area (Å²) in [5.74, 6) is 0. The molecule has 0 radical (unpaired) electrons. The minimum atomic E-state index is 0.715. The van der Waals surface area contributed by atoms with Gasteiger partial charge in [-0.15, -0.1) is 11.3 Å². The molecule has 3 nitrogen and oxygen atoms in total. The van der Waals surface area contributed by atoms with Crippen LogP contribution < -0.4 is 5.32 Å². The molecule has 5 heteroatoms. The fraction of sp³-hybridized carbons (Fsp3) is 0.429. The van der Waals surface area contributed by atoms with E-state index in [-0.39, 0.29) is 0 Å². The predicted molar refractivity (Wildman–Crippen MR) is 84.6 cm³/mol. The van der Waals surface area contributed by atoms with E-state index in [2.05, 4.69) is 33.8 Å². The molecule has 0 aliphatic carbocycles. The second-order valence-corrected chi connectivity index (χ2v) is 6.50. The van der Waals surface area contributed by atoms with Gasteiger partial charge in [0.05, 0.1) is 11.4 Å². The van der Waals surface area contributed by atoms with Crippen molar-refractivity contribution >= 4 is 23.1 Å². The Morgan fingerprint density at radius 1 is 1.42 bits per heavy atom. The molecule has 0 saturated carbocycles. The average Bonchev–Trinajstić information content (AvgIpc) is 2.93. The maximum atomic E-state index is 4.61. The third kappa shape index (κ3) is 4.60. The van der Waals surface area contributed by atoms with Crippen LogP contribution in [0.25, 0.3) is 10.7 Å². The summed E-state index contributed by atoms with van der Waals surface area (Å²) >= 11 is 3.56. The van der Waals surface area contributed by atoms with Crippen LogP contribution in [0.4, 0.5) is 0 Å². The van der Waals surface area contributed by atoms with Gasteiger partial charge in [-0.05, 0) is 31.4 Å². The standard InChI is InChI=1S/C14H19N3S2/c1-11(18-2)6-8-15-9-12-10-19-14(17-12)13-5-3-4-7-16-13/h3-5,7,10-11,15H,6,8-9H2,1-2H3. The highest BCUT2D eigenvalue weighted by Gasteiger charge is 2.05. The molecule has 1 atom stereocenters. The Bertz CT molecular complexity index is 484. The number of aromatic nitrogens is 2. The second-order valence-electron chi connectivity index (χ2n) is 4.37. The summed E-state index contributed by atoms with van der Waals surface area (Å²) in [6.07, 6.45) is 5.15. The van der Waals surface area contributed by atoms with Gasteiger partial charge in [-0.25, -0.2) is 4.98 Å². The van der Waals surface area contributed by atoms with Crippen molar-refractivity contribution in [1.82, 2.24) is 15.3 Å². The minimum Gasteiger partial charge on any atom is -0.311 e. The van der Waals surface area contributed by atoms with Crippen LogP contribution in [0.1, 0.15) is 19.0 Å². The summed E-state index contributed by atoms with van der Waals surface area (Å²) in [7, 11) is 0. The molecule has 0 aliphatic rings. The van der Waals surface area contributed by atoms with Crippen LogP contribution in [-0.2, 0) is 6.54 Å². The summed E-state index contributed by atoms with van der Waals surface area (Å²) in [6.45, 7) is 4.14. The summed E-state index contributed by atoms with van der Waals surface area (Å²) in [4.78, 5) is 8.92. The number of nitrogens with zero attached hydrogens (tertiary/aromatic N) is 2. The zero-order chi connectivity index (χ0) is 13.5. The summed E-state index contributed by atoms with van der Waals surface area (Å²) in [5.41, 5.74) is 2.05. The van der Waals surface area contributed by atoms with Crippen molar-refractivity contribution in [2.75, 3.05) is 12.8 Å². The van der Waals surface area contributed by atoms with E-state index in [4.69, 9.17) is 0 Å². The van der Waals surface area contributed by atoms with Crippen molar-refractivity contribution in [2.24, 2.45) is 0 Å². The molecule has 1 N–H and O–H groups in total. The maximum absolute atomic E-state index is 4.61. The molecule has 102 valence electrons. The molecule has 1 unspecified atom stereocenters. The molecule has 0 fully saturated rings. The van der Waals surface area contributed by atoms with Crippen LogP contribution in [0, 0.1) is 0 Å². The van der Waals surface area contributed by atoms with E-state index in [0.717, 1.165) is 29.5 Å². The van der Waals surface area contributed by atoms with Crippen molar-refractivity contribution in [1.29, 1.82) is 0 Å². The van der Waals surface area contributed by atoms with Gasteiger partial charge in [0.25, 0.3) is 0 Å². The van der Waals surface area contributed by atoms with Gasteiger partial charge in [-0.1, -0.05) is 13.0 Å². The van der Waals surface area contributed by atoms with E-state index in [0.29, 0.717) is 5.25 Å². The lowest BCUT2D eigenvalue weighted by atomic mass is 10.3. The number of thioether (sulfide) groups is 1. The van der Waals surface area contributed by atoms with Gasteiger partial charge in [0.1, 0.15) is 5.01 Å². The lowest BCUT2D eigenvalue weighted by molar-refractivity contribution is 0.641. The number of nitrogens with one attached hydrogen (secondary N) is 1. The Kier molecular flexibility index (Phi) is 5.82. The van der Waals surface area contributed by atoms with Crippen LogP contribution >= 0.6 is 23.1 Å². The van der Waals surface area contributed by atoms with Crippen LogP contribution in [0.5, 0.6) is 0 Å². The van der Waals surface area contributed by atoms with E-state index in [9.17, 15) is 0 Å². The first kappa shape index (κ1) is 14.5. The second kappa shape index (κ2) is 7.62. The molecule has 2 rings (SSSR count). The highest BCUT2D eigenvalue weighted by Crippen LogP contribution is 2.21. The largest absolute Gasteiger partial charge is 0.311 e. The molecule has 0 bridgehead atoms. The van der Waals surface area contributed by atoms with Crippen molar-refractivity contribution in [3.63, 3.8) is 0 Å². The third-order valence-electron chi connectivity index (χ3n) is 2.87. The van der Waals surface area contributed by atoms with Crippen LogP contribution in [0.2, 0.25) is 0 Å². The number of pyridine rings is 1. The molecular weight excluding hydrogens is 274 g/mol. The van der Waals surface area contributed by atoms with Crippen molar-refractivity contribution < 1.29 is 0 Å². The molecule has 19 heavy (non-hydrogen) atoms. The smallest absolute Gasteiger partial charge is 0.142 e. The van der Waals surface area contributed by atoms with E-state index >= 15 is 0 Å². The average molecular weight is 293 g/mol. The number of thiazole rings is 1. The molecule has 0 aliphatic heterocycles. The van der Waals surface area contributed by atoms with E-state index < -0.39 is 0 Å². The van der Waals surface area contributed by atoms with E-state index in [1.807, 2.05) is 30.0 Å². The van der Waals surface area contributed by atoms with Crippen molar-refractivity contribution in [3.05, 3.63) is 35.5 Å². The van der Waals surface area contributed by atoms with Crippen molar-refractivity contribution in [3.8, 4) is 10.7 Å². The van der Waals surface area contributed by atoms with E-state index in [1.54, 1.807) is 17.5 Å². The van der Waals surface area contributed by atoms with Gasteiger partial charge in [-0.2, -0.15) is 11.8 Å². The first-order valence-corrected chi connectivity index (χ1v) is 8.55. The summed E-state index contributed by atoms with van der Waals surface area (Å²) in [5, 5.41) is 7.26. The zero-order valence-corrected chi connectivity index (χ0v) is 12.9. The zero-order valence-electron chi connectivity index (χ0n) is 11.3. The third-order valence-corrected chi connectivity index (χ3v) is 4.83. The molecule has 2 heterocycles. The monoisotopic (exact) mass is 293 g/mol. The summed E-state index contributed by atoms with van der Waals surface area (Å²) in [6, 6.07) is 5.91. The fourth-order valence-corrected chi connectivity index (χ4v) is 2.78. The molecular formula is C14H19N3S2. The topological polar surface area (TPSA) is 37.8 Å². The van der Waals surface area contributed by atoms with Gasteiger partial charge in [-0.3, -0.25) is 4.98 Å². The Morgan fingerprint density at radius 2 is 2.32 bits per heavy atom. The Balaban J connectivity index is 1.82. The first-order valence-electron chi connectivity index (χ1n) is 6.39. The number of rotatable bonds is 7. The molecule has 2 aromatic rings. The Hall–Kier alpha value is -0.910. The van der Waals surface area contributed by atoms with Crippen LogP contribution in [0.15, 0.2) is 29.8 Å². The molecule has 2 aromatic heterocycles. The molecule has 0 aromatic carbocycles. The molecule has 0 spiro atoms. The lowest BCUT2D eigenvalue weighted by Crippen LogP contribution is -2.17. The number of hydrogen-bond donors (Lipinski definition) is 1. The first-order chi connectivity index (χ1) is 9.29. The minimum absolute atomic E-state index is 0.715. The van der Waals surface area contributed by atoms with E-state index in [1.165, 1.54) is 6.42 Å². The molecule has 0 amide bonds. The van der Waals surface area contributed by atoms with Crippen LogP contribution in [0.3, 0.4) is 0 Å². The Morgan fingerprint density at radius 3 is 3.05 bits per heavy atom. The summed E-state index contributed by atoms with van der Waals surface area (Å²) < 4.78 is 0. The van der Waals surface area contributed by atoms with Gasteiger partial charge in [0.2, 0.25) is 0 Å². The molecule has 0 saturated heterocycles. The highest BCUT2D eigenvalue weighted by atomic mass is 32.2. The Labute approximate surface area is 122 Å². The lowest BCUT2D eigenvalue weighted by Gasteiger charge is -2.07. The number of hydrogen-bond acceptors (Lipinski definition) is 5. The van der Waals surface area contributed by atoms with Gasteiger partial charge < -0.3 is 5.32 Å². The predicted octanol–water partition coefficient (Wildman–Crippen LogP) is 3.44. The quantitative estimate of drug-likeness (QED) is 0.794. The van der Waals surface area contributed by atoms with Gasteiger partial charge in [0, 0.05) is 23.4 Å². The highest BCUT2D eigenvalue weighted by molar-refractivity contribution is 7.99. The fourth-order valence-electron chi connectivity index (χ4n) is 1.63. The SMILES string of the molecule is CSC(C)CCNCc1csc(-c2ccccn2)n1. The van der Waals surface area contributed by atoms with Crippen LogP contribution in [-0.4, -0.2) is 28.0 Å². The normalized spacial score (nSPS) is 12.5. The maximum Gasteiger partial charge on any atom is 0.142 e.